The summed E-state index contributed by atoms with van der Waals surface area (Å²) in [5.41, 5.74) is 19.7. The standard InChI is InChI=1S/C50H41N/c1-49(2)40-20-10-9-14-32(40)33-26-24-31(29-43(33)49)47-36-17-7-5-15-34(36)46(35-16-6-8-18-37(35)47)30-25-27-44-39(28-30)38-19-13-22-42-48(38)51(44)45-23-12-11-21-41(45)50(42,3)4/h5-12,14-18,20-21,23-29,38H,13,19,22H2,1-4H3. The topological polar surface area (TPSA) is 3.24 Å². The average molecular weight is 656 g/mol. The Morgan fingerprint density at radius 3 is 1.78 bits per heavy atom. The normalized spacial score (nSPS) is 18.7. The number of benzene rings is 7. The molecule has 0 bridgehead atoms. The number of allylic oxidation sites excluding steroid dienone is 2. The first-order valence-corrected chi connectivity index (χ1v) is 18.8. The van der Waals surface area contributed by atoms with Gasteiger partial charge in [-0.2, -0.15) is 0 Å². The van der Waals surface area contributed by atoms with Crippen LogP contribution >= 0.6 is 0 Å². The quantitative estimate of drug-likeness (QED) is 0.168. The predicted octanol–water partition coefficient (Wildman–Crippen LogP) is 13.6. The fraction of sp³-hybridized carbons (Fsp3) is 0.200. The first-order chi connectivity index (χ1) is 24.8. The Kier molecular flexibility index (Phi) is 5.81. The number of para-hydroxylation sites is 1. The molecular weight excluding hydrogens is 615 g/mol. The molecule has 0 fully saturated rings. The van der Waals surface area contributed by atoms with Gasteiger partial charge >= 0.3 is 0 Å². The fourth-order valence-corrected chi connectivity index (χ4v) is 10.7. The molecule has 1 nitrogen and oxygen atoms in total. The van der Waals surface area contributed by atoms with Crippen LogP contribution in [-0.2, 0) is 10.8 Å². The number of fused-ring (bicyclic) bond motifs is 10. The molecule has 2 aliphatic carbocycles. The minimum absolute atomic E-state index is 0.0454. The minimum atomic E-state index is -0.0464. The predicted molar refractivity (Wildman–Crippen MR) is 215 cm³/mol. The van der Waals surface area contributed by atoms with E-state index in [1.165, 1.54) is 108 Å². The Morgan fingerprint density at radius 1 is 0.510 bits per heavy atom. The summed E-state index contributed by atoms with van der Waals surface area (Å²) in [6.07, 6.45) is 3.64. The number of hydrogen-bond acceptors (Lipinski definition) is 1. The zero-order valence-electron chi connectivity index (χ0n) is 29.8. The Balaban J connectivity index is 1.14. The smallest absolute Gasteiger partial charge is 0.0499 e. The zero-order chi connectivity index (χ0) is 34.2. The highest BCUT2D eigenvalue weighted by molar-refractivity contribution is 6.21. The van der Waals surface area contributed by atoms with Crippen LogP contribution < -0.4 is 4.90 Å². The van der Waals surface area contributed by atoms with E-state index in [-0.39, 0.29) is 10.8 Å². The lowest BCUT2D eigenvalue weighted by molar-refractivity contribution is 0.501. The summed E-state index contributed by atoms with van der Waals surface area (Å²) in [7, 11) is 0. The van der Waals surface area contributed by atoms with E-state index in [9.17, 15) is 0 Å². The van der Waals surface area contributed by atoms with Crippen molar-refractivity contribution in [1.82, 2.24) is 0 Å². The lowest BCUT2D eigenvalue weighted by Gasteiger charge is -2.44. The molecule has 2 aliphatic heterocycles. The van der Waals surface area contributed by atoms with Gasteiger partial charge in [-0.3, -0.25) is 0 Å². The third-order valence-corrected chi connectivity index (χ3v) is 13.1. The molecule has 0 spiro atoms. The lowest BCUT2D eigenvalue weighted by atomic mass is 9.68. The van der Waals surface area contributed by atoms with Gasteiger partial charge in [0.2, 0.25) is 0 Å². The summed E-state index contributed by atoms with van der Waals surface area (Å²) in [6, 6.07) is 51.0. The molecule has 4 aliphatic rings. The van der Waals surface area contributed by atoms with Gasteiger partial charge in [-0.1, -0.05) is 137 Å². The van der Waals surface area contributed by atoms with Crippen LogP contribution in [0.5, 0.6) is 0 Å². The van der Waals surface area contributed by atoms with E-state index in [1.807, 2.05) is 0 Å². The van der Waals surface area contributed by atoms with E-state index >= 15 is 0 Å². The SMILES string of the molecule is CC1(C)C2=C3C(CCC2)c2cc(-c4c5ccccc5c(-c5ccc6c(c5)C(C)(C)c5ccccc5-6)c5ccccc45)ccc2N3c2ccccc21. The van der Waals surface area contributed by atoms with Crippen molar-refractivity contribution in [2.24, 2.45) is 0 Å². The van der Waals surface area contributed by atoms with Crippen LogP contribution in [-0.4, -0.2) is 0 Å². The third-order valence-electron chi connectivity index (χ3n) is 13.1. The highest BCUT2D eigenvalue weighted by atomic mass is 15.2. The molecule has 246 valence electrons. The Labute approximate surface area is 300 Å². The summed E-state index contributed by atoms with van der Waals surface area (Å²) in [5, 5.41) is 5.27. The highest BCUT2D eigenvalue weighted by Crippen LogP contribution is 2.61. The van der Waals surface area contributed by atoms with E-state index in [2.05, 4.69) is 166 Å². The van der Waals surface area contributed by atoms with Crippen LogP contribution in [0.25, 0.3) is 54.9 Å². The monoisotopic (exact) mass is 655 g/mol. The first kappa shape index (κ1) is 29.3. The molecule has 11 rings (SSSR count). The number of hydrogen-bond donors (Lipinski definition) is 0. The second-order valence-corrected chi connectivity index (χ2v) is 16.3. The molecule has 0 aromatic heterocycles. The Morgan fingerprint density at radius 2 is 1.08 bits per heavy atom. The van der Waals surface area contributed by atoms with Gasteiger partial charge in [0.25, 0.3) is 0 Å². The van der Waals surface area contributed by atoms with Crippen molar-refractivity contribution in [3.63, 3.8) is 0 Å². The maximum atomic E-state index is 2.63. The molecule has 1 unspecified atom stereocenters. The van der Waals surface area contributed by atoms with Crippen molar-refractivity contribution in [3.05, 3.63) is 167 Å². The van der Waals surface area contributed by atoms with Gasteiger partial charge in [0.05, 0.1) is 0 Å². The van der Waals surface area contributed by atoms with Crippen LogP contribution in [0.15, 0.2) is 145 Å². The molecule has 7 aromatic rings. The molecule has 0 radical (unpaired) electrons. The molecular formula is C50H41N. The summed E-state index contributed by atoms with van der Waals surface area (Å²) >= 11 is 0. The summed E-state index contributed by atoms with van der Waals surface area (Å²) < 4.78 is 0. The fourth-order valence-electron chi connectivity index (χ4n) is 10.7. The van der Waals surface area contributed by atoms with Gasteiger partial charge in [-0.25, -0.2) is 0 Å². The molecule has 7 aromatic carbocycles. The van der Waals surface area contributed by atoms with Crippen molar-refractivity contribution < 1.29 is 0 Å². The average Bonchev–Trinajstić information content (AvgIpc) is 3.61. The summed E-state index contributed by atoms with van der Waals surface area (Å²) in [6.45, 7) is 9.66. The van der Waals surface area contributed by atoms with E-state index in [0.717, 1.165) is 0 Å². The van der Waals surface area contributed by atoms with E-state index in [0.29, 0.717) is 5.92 Å². The van der Waals surface area contributed by atoms with Gasteiger partial charge in [0.1, 0.15) is 0 Å². The van der Waals surface area contributed by atoms with Crippen molar-refractivity contribution in [3.8, 4) is 33.4 Å². The molecule has 51 heavy (non-hydrogen) atoms. The lowest BCUT2D eigenvalue weighted by Crippen LogP contribution is -2.35. The van der Waals surface area contributed by atoms with Crippen molar-refractivity contribution in [1.29, 1.82) is 0 Å². The van der Waals surface area contributed by atoms with Crippen molar-refractivity contribution in [2.45, 2.75) is 63.7 Å². The maximum absolute atomic E-state index is 2.63. The summed E-state index contributed by atoms with van der Waals surface area (Å²) in [4.78, 5) is 2.63. The van der Waals surface area contributed by atoms with Crippen LogP contribution in [0.2, 0.25) is 0 Å². The van der Waals surface area contributed by atoms with Crippen LogP contribution in [0.1, 0.15) is 75.1 Å². The van der Waals surface area contributed by atoms with Crippen LogP contribution in [0.3, 0.4) is 0 Å². The molecule has 0 N–H and O–H groups in total. The van der Waals surface area contributed by atoms with Gasteiger partial charge in [-0.15, -0.1) is 0 Å². The molecule has 0 saturated heterocycles. The highest BCUT2D eigenvalue weighted by Gasteiger charge is 2.47. The molecule has 0 saturated carbocycles. The van der Waals surface area contributed by atoms with E-state index in [4.69, 9.17) is 0 Å². The van der Waals surface area contributed by atoms with Gasteiger partial charge < -0.3 is 4.90 Å². The molecule has 1 heteroatoms. The third kappa shape index (κ3) is 3.77. The van der Waals surface area contributed by atoms with E-state index in [1.54, 1.807) is 11.3 Å². The number of rotatable bonds is 2. The number of nitrogens with zero attached hydrogens (tertiary/aromatic N) is 1. The number of anilines is 2. The van der Waals surface area contributed by atoms with Gasteiger partial charge in [-0.05, 0) is 126 Å². The summed E-state index contributed by atoms with van der Waals surface area (Å²) in [5.74, 6) is 0.437. The molecule has 0 amide bonds. The van der Waals surface area contributed by atoms with Gasteiger partial charge in [0, 0.05) is 33.8 Å². The largest absolute Gasteiger partial charge is 0.313 e. The van der Waals surface area contributed by atoms with Crippen molar-refractivity contribution in [2.75, 3.05) is 4.90 Å². The van der Waals surface area contributed by atoms with E-state index < -0.39 is 0 Å². The maximum Gasteiger partial charge on any atom is 0.0499 e. The van der Waals surface area contributed by atoms with Crippen molar-refractivity contribution >= 4 is 32.9 Å². The minimum Gasteiger partial charge on any atom is -0.313 e. The molecule has 2 heterocycles. The zero-order valence-corrected chi connectivity index (χ0v) is 29.8. The molecule has 1 atom stereocenters. The second kappa shape index (κ2) is 10.1. The first-order valence-electron chi connectivity index (χ1n) is 18.8. The van der Waals surface area contributed by atoms with Gasteiger partial charge in [0.15, 0.2) is 0 Å². The van der Waals surface area contributed by atoms with Crippen LogP contribution in [0, 0.1) is 0 Å². The second-order valence-electron chi connectivity index (χ2n) is 16.3. The Bertz CT molecular complexity index is 2630. The van der Waals surface area contributed by atoms with Crippen LogP contribution in [0.4, 0.5) is 11.4 Å². The Hall–Kier alpha value is -5.40.